The highest BCUT2D eigenvalue weighted by Crippen LogP contribution is 2.36. The number of ether oxygens (including phenoxy) is 1. The van der Waals surface area contributed by atoms with Gasteiger partial charge in [-0.1, -0.05) is 58.6 Å². The third-order valence-electron chi connectivity index (χ3n) is 7.17. The normalized spacial score (nSPS) is 14.6. The van der Waals surface area contributed by atoms with Crippen molar-refractivity contribution in [1.82, 2.24) is 4.31 Å². The summed E-state index contributed by atoms with van der Waals surface area (Å²) in [7, 11) is -2.78. The number of sulfonamides is 1. The second-order valence-corrected chi connectivity index (χ2v) is 13.4. The highest BCUT2D eigenvalue weighted by molar-refractivity contribution is 7.89. The van der Waals surface area contributed by atoms with Crippen molar-refractivity contribution >= 4 is 68.3 Å². The Hall–Kier alpha value is -3.86. The van der Waals surface area contributed by atoms with Gasteiger partial charge in [-0.25, -0.2) is 13.2 Å². The van der Waals surface area contributed by atoms with E-state index < -0.39 is 21.8 Å². The minimum absolute atomic E-state index is 0.0152. The van der Waals surface area contributed by atoms with E-state index in [2.05, 4.69) is 0 Å². The second kappa shape index (κ2) is 13.2. The molecule has 0 atom stereocenters. The van der Waals surface area contributed by atoms with Crippen molar-refractivity contribution < 1.29 is 27.2 Å². The lowest BCUT2D eigenvalue weighted by molar-refractivity contribution is -0.137. The fourth-order valence-corrected chi connectivity index (χ4v) is 6.72. The summed E-state index contributed by atoms with van der Waals surface area (Å²) in [5, 5.41) is 1.16. The number of benzene rings is 3. The average molecular weight is 686 g/mol. The lowest BCUT2D eigenvalue weighted by Crippen LogP contribution is -2.30. The van der Waals surface area contributed by atoms with Crippen LogP contribution in [0.5, 0.6) is 0 Å². The van der Waals surface area contributed by atoms with Gasteiger partial charge in [0.1, 0.15) is 17.1 Å². The fourth-order valence-electron chi connectivity index (χ4n) is 4.87. The molecule has 0 fully saturated rings. The van der Waals surface area contributed by atoms with E-state index in [9.17, 15) is 18.0 Å². The van der Waals surface area contributed by atoms with Crippen molar-refractivity contribution in [1.29, 1.82) is 0 Å². The summed E-state index contributed by atoms with van der Waals surface area (Å²) < 4.78 is 39.8. The Bertz CT molecular complexity index is 1950. The van der Waals surface area contributed by atoms with Crippen LogP contribution in [0.1, 0.15) is 29.6 Å². The number of ketones is 1. The molecule has 0 unspecified atom stereocenters. The smallest absolute Gasteiger partial charge is 0.343 e. The summed E-state index contributed by atoms with van der Waals surface area (Å²) in [4.78, 5) is 27.7. The number of carbonyl (C=O) groups excluding carboxylic acids is 2. The minimum Gasteiger partial charge on any atom is -0.465 e. The molecule has 0 spiro atoms. The lowest BCUT2D eigenvalue weighted by Gasteiger charge is -2.22. The zero-order valence-corrected chi connectivity index (χ0v) is 27.5. The first-order valence-electron chi connectivity index (χ1n) is 13.6. The van der Waals surface area contributed by atoms with Crippen molar-refractivity contribution in [3.8, 4) is 0 Å². The summed E-state index contributed by atoms with van der Waals surface area (Å²) in [6.45, 7) is 3.37. The summed E-state index contributed by atoms with van der Waals surface area (Å²) in [6, 6.07) is 21.5. The molecule has 0 radical (unpaired) electrons. The zero-order valence-electron chi connectivity index (χ0n) is 24.4. The van der Waals surface area contributed by atoms with Crippen LogP contribution in [-0.2, 0) is 37.4 Å². The van der Waals surface area contributed by atoms with E-state index in [1.807, 2.05) is 6.92 Å². The Kier molecular flexibility index (Phi) is 9.57. The van der Waals surface area contributed by atoms with Gasteiger partial charge in [-0.15, -0.1) is 0 Å². The number of allylic oxidation sites excluding steroid dienone is 2. The molecule has 2 heterocycles. The van der Waals surface area contributed by atoms with E-state index >= 15 is 0 Å². The number of aryl methyl sites for hydroxylation is 1. The standard InChI is InChI=1S/C33H27Cl3N2O6S/c1-20-4-13-27(14-5-20)45(41,42)37(18-22-6-15-28(35)29(36)16-22)19-26-12-11-25(44-26)17-30-32(39)31(33(40)43-3)21(2)38(30)24-9-7-23(34)8-10-24/h4-17H,18-19H2,1-3H3/b30-17+. The second-order valence-electron chi connectivity index (χ2n) is 10.3. The molecule has 5 rings (SSSR count). The molecule has 232 valence electrons. The van der Waals surface area contributed by atoms with Gasteiger partial charge in [-0.3, -0.25) is 4.79 Å². The molecule has 3 aromatic carbocycles. The summed E-state index contributed by atoms with van der Waals surface area (Å²) in [5.74, 6) is -0.720. The third-order valence-corrected chi connectivity index (χ3v) is 9.96. The maximum absolute atomic E-state index is 13.8. The summed E-state index contributed by atoms with van der Waals surface area (Å²) >= 11 is 18.4. The lowest BCUT2D eigenvalue weighted by atomic mass is 10.1. The van der Waals surface area contributed by atoms with Crippen LogP contribution in [0.25, 0.3) is 6.08 Å². The van der Waals surface area contributed by atoms with Crippen LogP contribution in [-0.4, -0.2) is 31.6 Å². The highest BCUT2D eigenvalue weighted by atomic mass is 35.5. The van der Waals surface area contributed by atoms with E-state index in [-0.39, 0.29) is 35.0 Å². The van der Waals surface area contributed by atoms with E-state index in [0.29, 0.717) is 37.8 Å². The molecule has 45 heavy (non-hydrogen) atoms. The number of rotatable bonds is 9. The topological polar surface area (TPSA) is 97.1 Å². The maximum atomic E-state index is 13.8. The van der Waals surface area contributed by atoms with Gasteiger partial charge >= 0.3 is 5.97 Å². The zero-order chi connectivity index (χ0) is 32.5. The average Bonchev–Trinajstić information content (AvgIpc) is 3.55. The molecule has 12 heteroatoms. The van der Waals surface area contributed by atoms with E-state index in [4.69, 9.17) is 44.0 Å². The Morgan fingerprint density at radius 3 is 2.24 bits per heavy atom. The predicted molar refractivity (Wildman–Crippen MR) is 174 cm³/mol. The van der Waals surface area contributed by atoms with E-state index in [1.165, 1.54) is 17.5 Å². The number of anilines is 1. The number of nitrogens with zero attached hydrogens (tertiary/aromatic N) is 2. The van der Waals surface area contributed by atoms with Gasteiger partial charge in [0.2, 0.25) is 15.8 Å². The van der Waals surface area contributed by atoms with Crippen LogP contribution >= 0.6 is 34.8 Å². The number of methoxy groups -OCH3 is 1. The number of Topliss-reactive ketones (excluding diaryl/α,β-unsaturated/α-hetero) is 1. The number of esters is 1. The Balaban J connectivity index is 1.50. The van der Waals surface area contributed by atoms with Crippen molar-refractivity contribution in [2.24, 2.45) is 0 Å². The molecule has 1 aromatic heterocycles. The molecule has 4 aromatic rings. The molecule has 0 saturated carbocycles. The molecule has 0 N–H and O–H groups in total. The van der Waals surface area contributed by atoms with Gasteiger partial charge in [0.05, 0.1) is 34.3 Å². The summed E-state index contributed by atoms with van der Waals surface area (Å²) in [6.07, 6.45) is 1.50. The quantitative estimate of drug-likeness (QED) is 0.101. The molecule has 0 aliphatic carbocycles. The molecule has 0 amide bonds. The van der Waals surface area contributed by atoms with Gasteiger partial charge in [0, 0.05) is 29.0 Å². The SMILES string of the molecule is COC(=O)C1=C(C)N(c2ccc(Cl)cc2)/C(=C/c2ccc(CN(Cc3ccc(Cl)c(Cl)c3)S(=O)(=O)c3ccc(C)cc3)o2)C1=O. The monoisotopic (exact) mass is 684 g/mol. The van der Waals surface area contributed by atoms with Crippen LogP contribution in [0.3, 0.4) is 0 Å². The van der Waals surface area contributed by atoms with Gasteiger partial charge in [-0.2, -0.15) is 4.31 Å². The van der Waals surface area contributed by atoms with Crippen molar-refractivity contribution in [2.75, 3.05) is 12.0 Å². The van der Waals surface area contributed by atoms with Crippen LogP contribution in [0, 0.1) is 6.92 Å². The van der Waals surface area contributed by atoms with Crippen molar-refractivity contribution in [3.63, 3.8) is 0 Å². The Morgan fingerprint density at radius 1 is 0.911 bits per heavy atom. The maximum Gasteiger partial charge on any atom is 0.343 e. The molecular weight excluding hydrogens is 659 g/mol. The van der Waals surface area contributed by atoms with Crippen molar-refractivity contribution in [3.05, 3.63) is 134 Å². The first kappa shape index (κ1) is 32.5. The van der Waals surface area contributed by atoms with Gasteiger partial charge in [0.15, 0.2) is 0 Å². The number of carbonyl (C=O) groups is 2. The number of halogens is 3. The molecule has 8 nitrogen and oxygen atoms in total. The first-order chi connectivity index (χ1) is 21.4. The van der Waals surface area contributed by atoms with Crippen molar-refractivity contribution in [2.45, 2.75) is 31.8 Å². The van der Waals surface area contributed by atoms with Crippen LogP contribution in [0.2, 0.25) is 15.1 Å². The molecule has 0 bridgehead atoms. The van der Waals surface area contributed by atoms with Crippen LogP contribution < -0.4 is 4.90 Å². The molecular formula is C33H27Cl3N2O6S. The minimum atomic E-state index is -3.98. The summed E-state index contributed by atoms with van der Waals surface area (Å²) in [5.41, 5.74) is 2.56. The largest absolute Gasteiger partial charge is 0.465 e. The van der Waals surface area contributed by atoms with Gasteiger partial charge in [-0.05, 0) is 80.1 Å². The van der Waals surface area contributed by atoms with E-state index in [1.54, 1.807) is 90.7 Å². The van der Waals surface area contributed by atoms with E-state index in [0.717, 1.165) is 5.56 Å². The number of hydrogen-bond acceptors (Lipinski definition) is 7. The molecule has 1 aliphatic rings. The van der Waals surface area contributed by atoms with Gasteiger partial charge < -0.3 is 14.1 Å². The van der Waals surface area contributed by atoms with Crippen LogP contribution in [0.4, 0.5) is 5.69 Å². The predicted octanol–water partition coefficient (Wildman–Crippen LogP) is 7.82. The first-order valence-corrected chi connectivity index (χ1v) is 16.2. The fraction of sp³-hybridized carbons (Fsp3) is 0.152. The number of hydrogen-bond donors (Lipinski definition) is 0. The molecule has 1 aliphatic heterocycles. The Morgan fingerprint density at radius 2 is 1.60 bits per heavy atom. The highest BCUT2D eigenvalue weighted by Gasteiger charge is 2.38. The van der Waals surface area contributed by atoms with Gasteiger partial charge in [0.25, 0.3) is 0 Å². The Labute approximate surface area is 276 Å². The van der Waals surface area contributed by atoms with Crippen LogP contribution in [0.15, 0.2) is 105 Å². The third kappa shape index (κ3) is 6.88. The molecule has 0 saturated heterocycles. The number of furan rings is 1.